The number of hydrogen-bond acceptors (Lipinski definition) is 4. The molecular formula is C14H25N3O2. The molecule has 1 aromatic heterocycles. The van der Waals surface area contributed by atoms with E-state index in [9.17, 15) is 4.79 Å². The van der Waals surface area contributed by atoms with Gasteiger partial charge in [0.25, 0.3) is 0 Å². The van der Waals surface area contributed by atoms with Gasteiger partial charge in [-0.05, 0) is 32.4 Å². The predicted octanol–water partition coefficient (Wildman–Crippen LogP) is 1.68. The lowest BCUT2D eigenvalue weighted by atomic mass is 10.2. The van der Waals surface area contributed by atoms with Gasteiger partial charge in [-0.3, -0.25) is 9.48 Å². The first kappa shape index (κ1) is 15.7. The Hall–Kier alpha value is -1.36. The van der Waals surface area contributed by atoms with Crippen molar-refractivity contribution in [3.8, 4) is 0 Å². The maximum Gasteiger partial charge on any atom is 0.305 e. The second-order valence-electron chi connectivity index (χ2n) is 4.60. The molecule has 0 amide bonds. The van der Waals surface area contributed by atoms with Gasteiger partial charge in [0.1, 0.15) is 0 Å². The van der Waals surface area contributed by atoms with Crippen molar-refractivity contribution in [2.45, 2.75) is 39.0 Å². The molecule has 0 aliphatic rings. The van der Waals surface area contributed by atoms with Gasteiger partial charge in [-0.25, -0.2) is 0 Å². The van der Waals surface area contributed by atoms with E-state index >= 15 is 0 Å². The Bertz CT molecular complexity index is 363. The molecule has 5 heteroatoms. The third-order valence-corrected chi connectivity index (χ3v) is 2.87. The van der Waals surface area contributed by atoms with Gasteiger partial charge in [0.15, 0.2) is 0 Å². The van der Waals surface area contributed by atoms with E-state index in [2.05, 4.69) is 10.4 Å². The molecule has 0 saturated heterocycles. The minimum Gasteiger partial charge on any atom is -0.466 e. The Balaban J connectivity index is 1.87. The molecule has 1 N–H and O–H groups in total. The Labute approximate surface area is 115 Å². The smallest absolute Gasteiger partial charge is 0.305 e. The summed E-state index contributed by atoms with van der Waals surface area (Å²) in [6.45, 7) is 4.27. The number of ether oxygens (including phenoxy) is 1. The largest absolute Gasteiger partial charge is 0.466 e. The number of hydrogen-bond donors (Lipinski definition) is 1. The van der Waals surface area contributed by atoms with Crippen LogP contribution in [0.15, 0.2) is 12.3 Å². The molecule has 0 saturated carbocycles. The van der Waals surface area contributed by atoms with E-state index in [-0.39, 0.29) is 5.97 Å². The first-order valence-electron chi connectivity index (χ1n) is 7.07. The molecule has 0 spiro atoms. The molecule has 1 aromatic rings. The second-order valence-corrected chi connectivity index (χ2v) is 4.60. The average molecular weight is 267 g/mol. The van der Waals surface area contributed by atoms with Crippen LogP contribution in [-0.4, -0.2) is 35.4 Å². The molecule has 0 bridgehead atoms. The Kier molecular flexibility index (Phi) is 7.89. The summed E-state index contributed by atoms with van der Waals surface area (Å²) in [4.78, 5) is 11.1. The summed E-state index contributed by atoms with van der Waals surface area (Å²) in [5, 5.41) is 7.71. The van der Waals surface area contributed by atoms with Crippen LogP contribution < -0.4 is 5.32 Å². The fourth-order valence-electron chi connectivity index (χ4n) is 1.87. The number of esters is 1. The minimum absolute atomic E-state index is 0.0781. The number of unbranched alkanes of at least 4 members (excludes halogenated alkanes) is 2. The number of carbonyl (C=O) groups excluding carboxylic acids is 1. The maximum atomic E-state index is 11.1. The van der Waals surface area contributed by atoms with E-state index in [0.717, 1.165) is 44.5 Å². The van der Waals surface area contributed by atoms with Gasteiger partial charge in [0.05, 0.1) is 12.3 Å². The van der Waals surface area contributed by atoms with Crippen LogP contribution in [0.25, 0.3) is 0 Å². The highest BCUT2D eigenvalue weighted by Gasteiger charge is 2.00. The van der Waals surface area contributed by atoms with E-state index in [1.54, 1.807) is 0 Å². The lowest BCUT2D eigenvalue weighted by molar-refractivity contribution is -0.143. The van der Waals surface area contributed by atoms with Crippen LogP contribution in [0.5, 0.6) is 0 Å². The summed E-state index contributed by atoms with van der Waals surface area (Å²) in [5.74, 6) is -0.0781. The number of nitrogens with one attached hydrogen (secondary N) is 1. The molecule has 0 fully saturated rings. The molecule has 0 aliphatic carbocycles. The quantitative estimate of drug-likeness (QED) is 0.517. The van der Waals surface area contributed by atoms with Gasteiger partial charge in [-0.2, -0.15) is 5.10 Å². The molecule has 1 heterocycles. The van der Waals surface area contributed by atoms with Crippen molar-refractivity contribution in [1.82, 2.24) is 15.1 Å². The lowest BCUT2D eigenvalue weighted by Gasteiger charge is -2.04. The fraction of sp³-hybridized carbons (Fsp3) is 0.714. The van der Waals surface area contributed by atoms with Crippen LogP contribution in [0.3, 0.4) is 0 Å². The fourth-order valence-corrected chi connectivity index (χ4v) is 1.87. The summed E-state index contributed by atoms with van der Waals surface area (Å²) in [6.07, 6.45) is 6.55. The zero-order valence-corrected chi connectivity index (χ0v) is 12.0. The standard InChI is InChI=1S/C14H25N3O2/c1-3-19-14(18)7-5-4-6-10-15-11-8-13-9-12-17(2)16-13/h9,12,15H,3-8,10-11H2,1-2H3. The number of rotatable bonds is 10. The molecule has 0 radical (unpaired) electrons. The Morgan fingerprint density at radius 2 is 2.21 bits per heavy atom. The van der Waals surface area contributed by atoms with Crippen LogP contribution >= 0.6 is 0 Å². The van der Waals surface area contributed by atoms with Crippen molar-refractivity contribution < 1.29 is 9.53 Å². The monoisotopic (exact) mass is 267 g/mol. The van der Waals surface area contributed by atoms with Gasteiger partial charge in [0.2, 0.25) is 0 Å². The van der Waals surface area contributed by atoms with Crippen molar-refractivity contribution in [3.05, 3.63) is 18.0 Å². The van der Waals surface area contributed by atoms with Crippen LogP contribution in [0.1, 0.15) is 38.3 Å². The summed E-state index contributed by atoms with van der Waals surface area (Å²) < 4.78 is 6.70. The SMILES string of the molecule is CCOC(=O)CCCCCNCCc1ccn(C)n1. The zero-order valence-electron chi connectivity index (χ0n) is 12.0. The van der Waals surface area contributed by atoms with Gasteiger partial charge >= 0.3 is 5.97 Å². The molecule has 0 unspecified atom stereocenters. The average Bonchev–Trinajstić information content (AvgIpc) is 2.79. The van der Waals surface area contributed by atoms with E-state index in [0.29, 0.717) is 13.0 Å². The highest BCUT2D eigenvalue weighted by Crippen LogP contribution is 2.00. The van der Waals surface area contributed by atoms with Crippen LogP contribution in [0, 0.1) is 0 Å². The summed E-state index contributed by atoms with van der Waals surface area (Å²) in [6, 6.07) is 2.04. The molecular weight excluding hydrogens is 242 g/mol. The van der Waals surface area contributed by atoms with Gasteiger partial charge in [-0.15, -0.1) is 0 Å². The highest BCUT2D eigenvalue weighted by atomic mass is 16.5. The zero-order chi connectivity index (χ0) is 13.9. The van der Waals surface area contributed by atoms with Crippen molar-refractivity contribution in [3.63, 3.8) is 0 Å². The molecule has 108 valence electrons. The van der Waals surface area contributed by atoms with Gasteiger partial charge in [-0.1, -0.05) is 6.42 Å². The van der Waals surface area contributed by atoms with Crippen LogP contribution in [0.4, 0.5) is 0 Å². The first-order valence-corrected chi connectivity index (χ1v) is 7.07. The molecule has 1 rings (SSSR count). The van der Waals surface area contributed by atoms with E-state index in [4.69, 9.17) is 4.74 Å². The summed E-state index contributed by atoms with van der Waals surface area (Å²) in [5.41, 5.74) is 1.12. The van der Waals surface area contributed by atoms with Gasteiger partial charge < -0.3 is 10.1 Å². The van der Waals surface area contributed by atoms with Crippen LogP contribution in [-0.2, 0) is 23.0 Å². The van der Waals surface area contributed by atoms with E-state index < -0.39 is 0 Å². The minimum atomic E-state index is -0.0781. The summed E-state index contributed by atoms with van der Waals surface area (Å²) in [7, 11) is 1.93. The third-order valence-electron chi connectivity index (χ3n) is 2.87. The predicted molar refractivity (Wildman–Crippen MR) is 74.9 cm³/mol. The molecule has 0 aliphatic heterocycles. The Morgan fingerprint density at radius 3 is 2.89 bits per heavy atom. The Morgan fingerprint density at radius 1 is 1.37 bits per heavy atom. The maximum absolute atomic E-state index is 11.1. The van der Waals surface area contributed by atoms with Crippen molar-refractivity contribution >= 4 is 5.97 Å². The number of nitrogens with zero attached hydrogens (tertiary/aromatic N) is 2. The molecule has 19 heavy (non-hydrogen) atoms. The van der Waals surface area contributed by atoms with Crippen molar-refractivity contribution in [1.29, 1.82) is 0 Å². The van der Waals surface area contributed by atoms with E-state index in [1.165, 1.54) is 0 Å². The normalized spacial score (nSPS) is 10.6. The second kappa shape index (κ2) is 9.55. The van der Waals surface area contributed by atoms with Crippen LogP contribution in [0.2, 0.25) is 0 Å². The van der Waals surface area contributed by atoms with Crippen molar-refractivity contribution in [2.75, 3.05) is 19.7 Å². The lowest BCUT2D eigenvalue weighted by Crippen LogP contribution is -2.18. The highest BCUT2D eigenvalue weighted by molar-refractivity contribution is 5.69. The summed E-state index contributed by atoms with van der Waals surface area (Å²) >= 11 is 0. The molecule has 0 atom stereocenters. The van der Waals surface area contributed by atoms with E-state index in [1.807, 2.05) is 30.9 Å². The van der Waals surface area contributed by atoms with Crippen molar-refractivity contribution in [2.24, 2.45) is 7.05 Å². The number of carbonyl (C=O) groups is 1. The number of aromatic nitrogens is 2. The molecule has 5 nitrogen and oxygen atoms in total. The first-order chi connectivity index (χ1) is 9.22. The number of aryl methyl sites for hydroxylation is 1. The third kappa shape index (κ3) is 7.62. The van der Waals surface area contributed by atoms with Gasteiger partial charge in [0, 0.05) is 32.6 Å². The molecule has 0 aromatic carbocycles. The topological polar surface area (TPSA) is 56.1 Å².